The van der Waals surface area contributed by atoms with Crippen LogP contribution in [0.25, 0.3) is 0 Å². The summed E-state index contributed by atoms with van der Waals surface area (Å²) in [6.45, 7) is 3.92. The van der Waals surface area contributed by atoms with E-state index in [4.69, 9.17) is 11.6 Å². The summed E-state index contributed by atoms with van der Waals surface area (Å²) in [5.41, 5.74) is 0.377. The fourth-order valence-corrected chi connectivity index (χ4v) is 2.26. The van der Waals surface area contributed by atoms with Crippen molar-refractivity contribution in [1.29, 1.82) is 0 Å². The van der Waals surface area contributed by atoms with Crippen LogP contribution in [0.5, 0.6) is 0 Å². The normalized spacial score (nSPS) is 16.8. The zero-order valence-electron chi connectivity index (χ0n) is 10.1. The molecule has 1 aromatic rings. The largest absolute Gasteiger partial charge is 0.314 e. The topological polar surface area (TPSA) is 32.3 Å². The van der Waals surface area contributed by atoms with Crippen LogP contribution in [0, 0.1) is 5.82 Å². The van der Waals surface area contributed by atoms with Crippen molar-refractivity contribution in [3.63, 3.8) is 0 Å². The van der Waals surface area contributed by atoms with Crippen LogP contribution in [0.15, 0.2) is 18.2 Å². The lowest BCUT2D eigenvalue weighted by Crippen LogP contribution is -2.45. The molecule has 1 heterocycles. The van der Waals surface area contributed by atoms with Crippen molar-refractivity contribution in [3.05, 3.63) is 34.6 Å². The van der Waals surface area contributed by atoms with Gasteiger partial charge in [-0.25, -0.2) is 4.39 Å². The Balaban J connectivity index is 1.92. The van der Waals surface area contributed by atoms with Crippen LogP contribution in [-0.4, -0.2) is 43.4 Å². The summed E-state index contributed by atoms with van der Waals surface area (Å²) in [6, 6.07) is 4.31. The van der Waals surface area contributed by atoms with Crippen molar-refractivity contribution in [2.24, 2.45) is 0 Å². The average Bonchev–Trinajstić information content (AvgIpc) is 2.35. The van der Waals surface area contributed by atoms with Crippen LogP contribution < -0.4 is 5.32 Å². The van der Waals surface area contributed by atoms with Crippen molar-refractivity contribution in [3.8, 4) is 0 Å². The van der Waals surface area contributed by atoms with Gasteiger partial charge in [0, 0.05) is 37.6 Å². The molecule has 1 aromatic carbocycles. The SMILES string of the molecule is O=C(Cc1cc(Cl)ccc1F)CN1CCNCC1. The number of nitrogens with zero attached hydrogens (tertiary/aromatic N) is 1. The second-order valence-corrected chi connectivity index (χ2v) is 4.91. The highest BCUT2D eigenvalue weighted by Gasteiger charge is 2.15. The molecular weight excluding hydrogens is 255 g/mol. The number of hydrogen-bond donors (Lipinski definition) is 1. The van der Waals surface area contributed by atoms with E-state index in [1.54, 1.807) is 0 Å². The second-order valence-electron chi connectivity index (χ2n) is 4.48. The number of nitrogens with one attached hydrogen (secondary N) is 1. The number of benzene rings is 1. The van der Waals surface area contributed by atoms with Gasteiger partial charge in [0.05, 0.1) is 6.54 Å². The van der Waals surface area contributed by atoms with Crippen molar-refractivity contribution in [2.45, 2.75) is 6.42 Å². The molecule has 0 bridgehead atoms. The zero-order valence-corrected chi connectivity index (χ0v) is 10.8. The zero-order chi connectivity index (χ0) is 13.0. The number of hydrogen-bond acceptors (Lipinski definition) is 3. The smallest absolute Gasteiger partial charge is 0.151 e. The molecule has 0 saturated carbocycles. The van der Waals surface area contributed by atoms with Gasteiger partial charge in [-0.2, -0.15) is 0 Å². The summed E-state index contributed by atoms with van der Waals surface area (Å²) < 4.78 is 13.5. The Morgan fingerprint density at radius 3 is 2.83 bits per heavy atom. The number of carbonyl (C=O) groups is 1. The van der Waals surface area contributed by atoms with Gasteiger partial charge in [0.2, 0.25) is 0 Å². The first-order chi connectivity index (χ1) is 8.65. The van der Waals surface area contributed by atoms with Crippen LogP contribution >= 0.6 is 11.6 Å². The van der Waals surface area contributed by atoms with Crippen LogP contribution in [0.4, 0.5) is 4.39 Å². The molecule has 0 amide bonds. The minimum atomic E-state index is -0.368. The van der Waals surface area contributed by atoms with E-state index in [9.17, 15) is 9.18 Å². The lowest BCUT2D eigenvalue weighted by atomic mass is 10.1. The summed E-state index contributed by atoms with van der Waals surface area (Å²) in [5, 5.41) is 3.68. The van der Waals surface area contributed by atoms with E-state index in [0.717, 1.165) is 26.2 Å². The van der Waals surface area contributed by atoms with E-state index in [1.165, 1.54) is 18.2 Å². The summed E-state index contributed by atoms with van der Waals surface area (Å²) in [6.07, 6.45) is 0.107. The van der Waals surface area contributed by atoms with Crippen molar-refractivity contribution < 1.29 is 9.18 Å². The van der Waals surface area contributed by atoms with Gasteiger partial charge in [-0.05, 0) is 23.8 Å². The third kappa shape index (κ3) is 3.77. The van der Waals surface area contributed by atoms with E-state index in [-0.39, 0.29) is 18.0 Å². The molecule has 0 atom stereocenters. The predicted octanol–water partition coefficient (Wildman–Crippen LogP) is 1.50. The molecule has 0 radical (unpaired) electrons. The highest BCUT2D eigenvalue weighted by molar-refractivity contribution is 6.30. The number of Topliss-reactive ketones (excluding diaryl/α,β-unsaturated/α-hetero) is 1. The molecule has 1 N–H and O–H groups in total. The Kier molecular flexibility index (Phi) is 4.69. The Labute approximate surface area is 111 Å². The maximum atomic E-state index is 13.5. The maximum Gasteiger partial charge on any atom is 0.151 e. The molecule has 2 rings (SSSR count). The van der Waals surface area contributed by atoms with Crippen LogP contribution in [0.3, 0.4) is 0 Å². The monoisotopic (exact) mass is 270 g/mol. The van der Waals surface area contributed by atoms with Gasteiger partial charge in [-0.3, -0.25) is 9.69 Å². The minimum absolute atomic E-state index is 0.0260. The van der Waals surface area contributed by atoms with E-state index in [2.05, 4.69) is 10.2 Å². The van der Waals surface area contributed by atoms with Gasteiger partial charge in [0.15, 0.2) is 5.78 Å². The highest BCUT2D eigenvalue weighted by atomic mass is 35.5. The summed E-state index contributed by atoms with van der Waals surface area (Å²) in [4.78, 5) is 14.0. The van der Waals surface area contributed by atoms with Crippen LogP contribution in [-0.2, 0) is 11.2 Å². The maximum absolute atomic E-state index is 13.5. The highest BCUT2D eigenvalue weighted by Crippen LogP contribution is 2.15. The van der Waals surface area contributed by atoms with Crippen LogP contribution in [0.1, 0.15) is 5.56 Å². The Bertz CT molecular complexity index is 433. The first kappa shape index (κ1) is 13.5. The first-order valence-electron chi connectivity index (χ1n) is 6.04. The number of rotatable bonds is 4. The predicted molar refractivity (Wildman–Crippen MR) is 69.4 cm³/mol. The van der Waals surface area contributed by atoms with Gasteiger partial charge in [0.1, 0.15) is 5.82 Å². The molecule has 18 heavy (non-hydrogen) atoms. The standard InChI is InChI=1S/C13H16ClFN2O/c14-11-1-2-13(15)10(7-11)8-12(18)9-17-5-3-16-4-6-17/h1-2,7,16H,3-6,8-9H2. The Morgan fingerprint density at radius 2 is 2.11 bits per heavy atom. The van der Waals surface area contributed by atoms with Crippen molar-refractivity contribution >= 4 is 17.4 Å². The lowest BCUT2D eigenvalue weighted by Gasteiger charge is -2.26. The molecule has 1 fully saturated rings. The molecule has 1 saturated heterocycles. The van der Waals surface area contributed by atoms with E-state index >= 15 is 0 Å². The number of halogens is 2. The molecular formula is C13H16ClFN2O. The van der Waals surface area contributed by atoms with Gasteiger partial charge in [0.25, 0.3) is 0 Å². The van der Waals surface area contributed by atoms with Crippen molar-refractivity contribution in [2.75, 3.05) is 32.7 Å². The fraction of sp³-hybridized carbons (Fsp3) is 0.462. The van der Waals surface area contributed by atoms with Gasteiger partial charge >= 0.3 is 0 Å². The van der Waals surface area contributed by atoms with Gasteiger partial charge in [-0.15, -0.1) is 0 Å². The summed E-state index contributed by atoms with van der Waals surface area (Å²) in [7, 11) is 0. The van der Waals surface area contributed by atoms with E-state index in [0.29, 0.717) is 17.1 Å². The molecule has 1 aliphatic heterocycles. The molecule has 0 unspecified atom stereocenters. The van der Waals surface area contributed by atoms with Crippen molar-refractivity contribution in [1.82, 2.24) is 10.2 Å². The molecule has 1 aliphatic rings. The third-order valence-corrected chi connectivity index (χ3v) is 3.24. The fourth-order valence-electron chi connectivity index (χ4n) is 2.07. The Morgan fingerprint density at radius 1 is 1.39 bits per heavy atom. The van der Waals surface area contributed by atoms with Gasteiger partial charge in [-0.1, -0.05) is 11.6 Å². The molecule has 0 spiro atoms. The van der Waals surface area contributed by atoms with E-state index < -0.39 is 0 Å². The molecule has 3 nitrogen and oxygen atoms in total. The number of ketones is 1. The second kappa shape index (κ2) is 6.27. The van der Waals surface area contributed by atoms with Crippen LogP contribution in [0.2, 0.25) is 5.02 Å². The van der Waals surface area contributed by atoms with Gasteiger partial charge < -0.3 is 5.32 Å². The lowest BCUT2D eigenvalue weighted by molar-refractivity contribution is -0.119. The molecule has 5 heteroatoms. The minimum Gasteiger partial charge on any atom is -0.314 e. The summed E-state index contributed by atoms with van der Waals surface area (Å²) in [5.74, 6) is -0.342. The third-order valence-electron chi connectivity index (χ3n) is 3.00. The number of piperazine rings is 1. The molecule has 0 aliphatic carbocycles. The quantitative estimate of drug-likeness (QED) is 0.900. The first-order valence-corrected chi connectivity index (χ1v) is 6.41. The average molecular weight is 271 g/mol. The van der Waals surface area contributed by atoms with E-state index in [1.807, 2.05) is 0 Å². The number of carbonyl (C=O) groups excluding carboxylic acids is 1. The summed E-state index contributed by atoms with van der Waals surface area (Å²) >= 11 is 5.80. The molecule has 0 aromatic heterocycles. The Hall–Kier alpha value is -0.970. The molecule has 98 valence electrons.